The van der Waals surface area contributed by atoms with Gasteiger partial charge in [-0.15, -0.1) is 0 Å². The third-order valence-corrected chi connectivity index (χ3v) is 3.54. The summed E-state index contributed by atoms with van der Waals surface area (Å²) in [5.74, 6) is 0. The first-order chi connectivity index (χ1) is 10.2. The zero-order valence-corrected chi connectivity index (χ0v) is 12.7. The van der Waals surface area contributed by atoms with Crippen molar-refractivity contribution in [3.05, 3.63) is 53.3 Å². The zero-order valence-electron chi connectivity index (χ0n) is 12.7. The Morgan fingerprint density at radius 3 is 2.67 bits per heavy atom. The predicted molar refractivity (Wildman–Crippen MR) is 83.7 cm³/mol. The molecule has 0 spiro atoms. The molecule has 21 heavy (non-hydrogen) atoms. The summed E-state index contributed by atoms with van der Waals surface area (Å²) >= 11 is 0. The third-order valence-electron chi connectivity index (χ3n) is 3.54. The minimum atomic E-state index is 0.108. The fourth-order valence-electron chi connectivity index (χ4n) is 2.49. The van der Waals surface area contributed by atoms with Gasteiger partial charge in [0.25, 0.3) is 0 Å². The largest absolute Gasteiger partial charge is 0.309 e. The Morgan fingerprint density at radius 1 is 1.29 bits per heavy atom. The molecule has 2 aromatic rings. The van der Waals surface area contributed by atoms with E-state index in [9.17, 15) is 0 Å². The van der Waals surface area contributed by atoms with Crippen LogP contribution in [0.15, 0.2) is 36.4 Å². The molecule has 0 aliphatic rings. The van der Waals surface area contributed by atoms with Gasteiger partial charge in [0.05, 0.1) is 18.2 Å². The quantitative estimate of drug-likeness (QED) is 0.794. The van der Waals surface area contributed by atoms with Gasteiger partial charge in [0.1, 0.15) is 0 Å². The van der Waals surface area contributed by atoms with Crippen molar-refractivity contribution in [1.82, 2.24) is 15.1 Å². The Morgan fingerprint density at radius 2 is 2.05 bits per heavy atom. The smallest absolute Gasteiger partial charge is 0.0641 e. The molecule has 1 unspecified atom stereocenters. The summed E-state index contributed by atoms with van der Waals surface area (Å²) in [6.07, 6.45) is 1.49. The van der Waals surface area contributed by atoms with Gasteiger partial charge in [0, 0.05) is 18.3 Å². The molecular weight excluding hydrogens is 260 g/mol. The highest BCUT2D eigenvalue weighted by molar-refractivity contribution is 5.19. The van der Waals surface area contributed by atoms with Crippen molar-refractivity contribution < 1.29 is 0 Å². The molecule has 1 N–H and O–H groups in total. The number of nitrogens with zero attached hydrogens (tertiary/aromatic N) is 3. The number of aromatic nitrogens is 2. The highest BCUT2D eigenvalue weighted by atomic mass is 15.3. The Balaban J connectivity index is 1.83. The minimum absolute atomic E-state index is 0.108. The molecule has 1 aromatic carbocycles. The second kappa shape index (κ2) is 7.61. The molecule has 2 rings (SSSR count). The average Bonchev–Trinajstić information content (AvgIpc) is 2.81. The van der Waals surface area contributed by atoms with Gasteiger partial charge in [0.2, 0.25) is 0 Å². The molecule has 0 saturated heterocycles. The number of hydrogen-bond acceptors (Lipinski definition) is 3. The van der Waals surface area contributed by atoms with Gasteiger partial charge in [-0.2, -0.15) is 10.4 Å². The molecule has 0 aliphatic carbocycles. The van der Waals surface area contributed by atoms with E-state index in [-0.39, 0.29) is 6.04 Å². The van der Waals surface area contributed by atoms with E-state index in [0.29, 0.717) is 6.42 Å². The van der Waals surface area contributed by atoms with Gasteiger partial charge >= 0.3 is 0 Å². The van der Waals surface area contributed by atoms with Gasteiger partial charge in [-0.3, -0.25) is 4.68 Å². The van der Waals surface area contributed by atoms with E-state index in [1.165, 1.54) is 11.3 Å². The van der Waals surface area contributed by atoms with E-state index in [0.717, 1.165) is 25.2 Å². The first kappa shape index (κ1) is 15.3. The maximum Gasteiger partial charge on any atom is 0.0641 e. The summed E-state index contributed by atoms with van der Waals surface area (Å²) in [7, 11) is 0. The first-order valence-electron chi connectivity index (χ1n) is 7.37. The normalized spacial score (nSPS) is 12.0. The van der Waals surface area contributed by atoms with Gasteiger partial charge in [-0.1, -0.05) is 30.3 Å². The third kappa shape index (κ3) is 4.44. The van der Waals surface area contributed by atoms with Crippen molar-refractivity contribution in [2.75, 3.05) is 6.54 Å². The second-order valence-corrected chi connectivity index (χ2v) is 5.28. The molecule has 4 nitrogen and oxygen atoms in total. The molecule has 110 valence electrons. The maximum atomic E-state index is 8.97. The Kier molecular flexibility index (Phi) is 5.53. The zero-order chi connectivity index (χ0) is 15.1. The molecule has 1 aromatic heterocycles. The van der Waals surface area contributed by atoms with Crippen molar-refractivity contribution in [2.24, 2.45) is 0 Å². The Bertz CT molecular complexity index is 595. The van der Waals surface area contributed by atoms with Crippen LogP contribution in [-0.4, -0.2) is 16.3 Å². The summed E-state index contributed by atoms with van der Waals surface area (Å²) in [4.78, 5) is 0. The molecule has 0 amide bonds. The van der Waals surface area contributed by atoms with Gasteiger partial charge in [-0.05, 0) is 38.4 Å². The molecule has 0 radical (unpaired) electrons. The predicted octanol–water partition coefficient (Wildman–Crippen LogP) is 3.13. The van der Waals surface area contributed by atoms with E-state index in [4.69, 9.17) is 5.26 Å². The lowest BCUT2D eigenvalue weighted by atomic mass is 10.0. The maximum absolute atomic E-state index is 8.97. The number of hydrogen-bond donors (Lipinski definition) is 1. The van der Waals surface area contributed by atoms with E-state index in [1.54, 1.807) is 0 Å². The summed E-state index contributed by atoms with van der Waals surface area (Å²) < 4.78 is 2.04. The number of rotatable bonds is 7. The van der Waals surface area contributed by atoms with Crippen LogP contribution in [0.5, 0.6) is 0 Å². The lowest BCUT2D eigenvalue weighted by Gasteiger charge is -2.16. The van der Waals surface area contributed by atoms with Crippen LogP contribution in [0.2, 0.25) is 0 Å². The average molecular weight is 282 g/mol. The monoisotopic (exact) mass is 282 g/mol. The van der Waals surface area contributed by atoms with Crippen molar-refractivity contribution in [2.45, 2.75) is 39.3 Å². The van der Waals surface area contributed by atoms with Crippen LogP contribution in [-0.2, 0) is 6.54 Å². The van der Waals surface area contributed by atoms with Gasteiger partial charge < -0.3 is 5.32 Å². The van der Waals surface area contributed by atoms with Crippen LogP contribution < -0.4 is 5.32 Å². The van der Waals surface area contributed by atoms with Crippen LogP contribution in [0.1, 0.15) is 35.8 Å². The SMILES string of the molecule is Cc1cc(C)n(CCCNC(CC#N)c2ccccc2)n1. The highest BCUT2D eigenvalue weighted by Crippen LogP contribution is 2.15. The van der Waals surface area contributed by atoms with E-state index in [2.05, 4.69) is 41.6 Å². The number of benzene rings is 1. The Labute approximate surface area is 126 Å². The lowest BCUT2D eigenvalue weighted by molar-refractivity contribution is 0.487. The van der Waals surface area contributed by atoms with Crippen molar-refractivity contribution in [3.63, 3.8) is 0 Å². The fraction of sp³-hybridized carbons (Fsp3) is 0.412. The number of nitrogens with one attached hydrogen (secondary N) is 1. The molecule has 0 saturated carbocycles. The topological polar surface area (TPSA) is 53.6 Å². The van der Waals surface area contributed by atoms with Crippen molar-refractivity contribution >= 4 is 0 Å². The number of nitriles is 1. The van der Waals surface area contributed by atoms with Gasteiger partial charge in [-0.25, -0.2) is 0 Å². The molecular formula is C17H22N4. The summed E-state index contributed by atoms with van der Waals surface area (Å²) in [5.41, 5.74) is 3.43. The van der Waals surface area contributed by atoms with Crippen molar-refractivity contribution in [3.8, 4) is 6.07 Å². The first-order valence-corrected chi connectivity index (χ1v) is 7.37. The molecule has 4 heteroatoms. The number of aryl methyl sites for hydroxylation is 3. The lowest BCUT2D eigenvalue weighted by Crippen LogP contribution is -2.23. The van der Waals surface area contributed by atoms with Gasteiger partial charge in [0.15, 0.2) is 0 Å². The fourth-order valence-corrected chi connectivity index (χ4v) is 2.49. The van der Waals surface area contributed by atoms with E-state index < -0.39 is 0 Å². The Hall–Kier alpha value is -2.12. The minimum Gasteiger partial charge on any atom is -0.309 e. The molecule has 0 bridgehead atoms. The van der Waals surface area contributed by atoms with Crippen LogP contribution in [0.4, 0.5) is 0 Å². The van der Waals surface area contributed by atoms with E-state index in [1.807, 2.05) is 29.8 Å². The summed E-state index contributed by atoms with van der Waals surface area (Å²) in [6.45, 7) is 5.87. The van der Waals surface area contributed by atoms with Crippen molar-refractivity contribution in [1.29, 1.82) is 5.26 Å². The van der Waals surface area contributed by atoms with Crippen LogP contribution in [0, 0.1) is 25.2 Å². The summed E-state index contributed by atoms with van der Waals surface area (Å²) in [6, 6.07) is 14.6. The molecule has 0 fully saturated rings. The molecule has 0 aliphatic heterocycles. The summed E-state index contributed by atoms with van der Waals surface area (Å²) in [5, 5.41) is 16.9. The van der Waals surface area contributed by atoms with Crippen LogP contribution in [0.25, 0.3) is 0 Å². The second-order valence-electron chi connectivity index (χ2n) is 5.28. The van der Waals surface area contributed by atoms with Crippen LogP contribution in [0.3, 0.4) is 0 Å². The molecule has 1 atom stereocenters. The highest BCUT2D eigenvalue weighted by Gasteiger charge is 2.09. The standard InChI is InChI=1S/C17H22N4/c1-14-13-15(2)21(20-14)12-6-11-19-17(9-10-18)16-7-4-3-5-8-16/h3-5,7-8,13,17,19H,6,9,11-12H2,1-2H3. The molecule has 1 heterocycles. The van der Waals surface area contributed by atoms with Crippen LogP contribution >= 0.6 is 0 Å². The van der Waals surface area contributed by atoms with E-state index >= 15 is 0 Å².